The average Bonchev–Trinajstić information content (AvgIpc) is 3.04. The van der Waals surface area contributed by atoms with Crippen LogP contribution in [0.2, 0.25) is 0 Å². The van der Waals surface area contributed by atoms with Crippen molar-refractivity contribution in [1.29, 1.82) is 0 Å². The number of hydrogen-bond donors (Lipinski definition) is 1. The fourth-order valence-corrected chi connectivity index (χ4v) is 2.02. The highest BCUT2D eigenvalue weighted by atomic mass is 16.5. The Kier molecular flexibility index (Phi) is 7.03. The topological polar surface area (TPSA) is 87.5 Å². The van der Waals surface area contributed by atoms with E-state index < -0.39 is 0 Å². The summed E-state index contributed by atoms with van der Waals surface area (Å²) >= 11 is 0. The van der Waals surface area contributed by atoms with Crippen LogP contribution in [0.1, 0.15) is 12.1 Å². The van der Waals surface area contributed by atoms with Crippen LogP contribution in [0, 0.1) is 0 Å². The van der Waals surface area contributed by atoms with E-state index in [0.29, 0.717) is 30.3 Å². The molecule has 8 heteroatoms. The van der Waals surface area contributed by atoms with Gasteiger partial charge in [0.05, 0.1) is 13.3 Å². The van der Waals surface area contributed by atoms with Gasteiger partial charge in [-0.1, -0.05) is 17.3 Å². The molecule has 0 aliphatic heterocycles. The van der Waals surface area contributed by atoms with Gasteiger partial charge in [0.25, 0.3) is 0 Å². The number of nitrogens with zero attached hydrogens (tertiary/aromatic N) is 3. The molecule has 0 saturated heterocycles. The first-order chi connectivity index (χ1) is 11.7. The van der Waals surface area contributed by atoms with Gasteiger partial charge in [0.2, 0.25) is 5.91 Å². The smallest absolute Gasteiger partial charge is 0.241 e. The molecule has 1 aromatic carbocycles. The summed E-state index contributed by atoms with van der Waals surface area (Å²) in [5, 5.41) is 10.7. The van der Waals surface area contributed by atoms with E-state index in [0.717, 1.165) is 6.42 Å². The highest BCUT2D eigenvalue weighted by Crippen LogP contribution is 2.26. The Balaban J connectivity index is 1.79. The van der Waals surface area contributed by atoms with E-state index in [1.807, 2.05) is 24.3 Å². The number of aromatic nitrogens is 3. The molecule has 0 aliphatic rings. The molecule has 1 aromatic heterocycles. The molecular formula is C16H22N4O4. The van der Waals surface area contributed by atoms with Crippen LogP contribution >= 0.6 is 0 Å². The minimum absolute atomic E-state index is 0.117. The first kappa shape index (κ1) is 17.7. The minimum atomic E-state index is -0.117. The fraction of sp³-hybridized carbons (Fsp3) is 0.438. The van der Waals surface area contributed by atoms with E-state index in [4.69, 9.17) is 14.2 Å². The highest BCUT2D eigenvalue weighted by Gasteiger charge is 2.08. The summed E-state index contributed by atoms with van der Waals surface area (Å²) in [6.07, 6.45) is 2.46. The van der Waals surface area contributed by atoms with Gasteiger partial charge in [-0.3, -0.25) is 4.79 Å². The van der Waals surface area contributed by atoms with E-state index in [9.17, 15) is 4.79 Å². The van der Waals surface area contributed by atoms with E-state index in [2.05, 4.69) is 15.6 Å². The quantitative estimate of drug-likeness (QED) is 0.653. The van der Waals surface area contributed by atoms with Crippen molar-refractivity contribution in [3.8, 4) is 11.5 Å². The molecule has 1 amide bonds. The van der Waals surface area contributed by atoms with Crippen LogP contribution in [0.5, 0.6) is 11.5 Å². The number of ether oxygens (including phenoxy) is 3. The monoisotopic (exact) mass is 334 g/mol. The zero-order valence-corrected chi connectivity index (χ0v) is 13.9. The Hall–Kier alpha value is -2.61. The molecule has 130 valence electrons. The van der Waals surface area contributed by atoms with Crippen LogP contribution in [0.4, 0.5) is 0 Å². The van der Waals surface area contributed by atoms with Gasteiger partial charge in [-0.2, -0.15) is 0 Å². The van der Waals surface area contributed by atoms with E-state index in [1.54, 1.807) is 20.4 Å². The summed E-state index contributed by atoms with van der Waals surface area (Å²) < 4.78 is 17.3. The maximum absolute atomic E-state index is 11.8. The molecular weight excluding hydrogens is 312 g/mol. The highest BCUT2D eigenvalue weighted by molar-refractivity contribution is 5.75. The first-order valence-electron chi connectivity index (χ1n) is 7.63. The first-order valence-corrected chi connectivity index (χ1v) is 7.63. The molecule has 0 saturated carbocycles. The van der Waals surface area contributed by atoms with Crippen molar-refractivity contribution in [2.45, 2.75) is 19.6 Å². The second-order valence-electron chi connectivity index (χ2n) is 5.04. The maximum atomic E-state index is 11.8. The predicted molar refractivity (Wildman–Crippen MR) is 86.9 cm³/mol. The molecule has 2 aromatic rings. The predicted octanol–water partition coefficient (Wildman–Crippen LogP) is 1.02. The largest absolute Gasteiger partial charge is 0.493 e. The standard InChI is InChI=1S/C16H22N4O4/c1-22-9-5-8-17-16(21)11-20-10-13(18-19-20)12-24-15-7-4-3-6-14(15)23-2/h3-4,6-7,10H,5,8-9,11-12H2,1-2H3,(H,17,21). The number of amides is 1. The maximum Gasteiger partial charge on any atom is 0.241 e. The molecule has 1 heterocycles. The Bertz CT molecular complexity index is 645. The number of carbonyl (C=O) groups excluding carboxylic acids is 1. The second kappa shape index (κ2) is 9.51. The van der Waals surface area contributed by atoms with Crippen molar-refractivity contribution in [1.82, 2.24) is 20.3 Å². The summed E-state index contributed by atoms with van der Waals surface area (Å²) in [6.45, 7) is 1.56. The van der Waals surface area contributed by atoms with Crippen LogP contribution < -0.4 is 14.8 Å². The summed E-state index contributed by atoms with van der Waals surface area (Å²) in [5.74, 6) is 1.17. The lowest BCUT2D eigenvalue weighted by Crippen LogP contribution is -2.29. The van der Waals surface area contributed by atoms with Crippen molar-refractivity contribution >= 4 is 5.91 Å². The number of methoxy groups -OCH3 is 2. The number of para-hydroxylation sites is 2. The number of rotatable bonds is 10. The summed E-state index contributed by atoms with van der Waals surface area (Å²) in [6, 6.07) is 7.37. The number of benzene rings is 1. The second-order valence-corrected chi connectivity index (χ2v) is 5.04. The molecule has 1 N–H and O–H groups in total. The normalized spacial score (nSPS) is 10.4. The Labute approximate surface area is 140 Å². The van der Waals surface area contributed by atoms with Gasteiger partial charge >= 0.3 is 0 Å². The van der Waals surface area contributed by atoms with E-state index in [-0.39, 0.29) is 19.1 Å². The number of carbonyl (C=O) groups is 1. The zero-order chi connectivity index (χ0) is 17.2. The van der Waals surface area contributed by atoms with Gasteiger partial charge in [-0.15, -0.1) is 5.10 Å². The van der Waals surface area contributed by atoms with Crippen LogP contribution in [0.15, 0.2) is 30.5 Å². The molecule has 0 bridgehead atoms. The minimum Gasteiger partial charge on any atom is -0.493 e. The SMILES string of the molecule is COCCCNC(=O)Cn1cc(COc2ccccc2OC)nn1. The molecule has 0 fully saturated rings. The third-order valence-corrected chi connectivity index (χ3v) is 3.18. The van der Waals surface area contributed by atoms with E-state index in [1.165, 1.54) is 4.68 Å². The summed E-state index contributed by atoms with van der Waals surface area (Å²) in [5.41, 5.74) is 0.632. The van der Waals surface area contributed by atoms with Gasteiger partial charge in [-0.25, -0.2) is 4.68 Å². The third-order valence-electron chi connectivity index (χ3n) is 3.18. The van der Waals surface area contributed by atoms with Crippen molar-refractivity contribution < 1.29 is 19.0 Å². The lowest BCUT2D eigenvalue weighted by atomic mass is 10.3. The van der Waals surface area contributed by atoms with E-state index >= 15 is 0 Å². The molecule has 24 heavy (non-hydrogen) atoms. The number of nitrogens with one attached hydrogen (secondary N) is 1. The molecule has 0 atom stereocenters. The van der Waals surface area contributed by atoms with Crippen molar-refractivity contribution in [3.05, 3.63) is 36.2 Å². The summed E-state index contributed by atoms with van der Waals surface area (Å²) in [7, 11) is 3.22. The lowest BCUT2D eigenvalue weighted by Gasteiger charge is -2.08. The average molecular weight is 334 g/mol. The summed E-state index contributed by atoms with van der Waals surface area (Å²) in [4.78, 5) is 11.8. The fourth-order valence-electron chi connectivity index (χ4n) is 2.02. The van der Waals surface area contributed by atoms with Gasteiger partial charge in [0, 0.05) is 20.3 Å². The number of hydrogen-bond acceptors (Lipinski definition) is 6. The van der Waals surface area contributed by atoms with Gasteiger partial charge in [0.15, 0.2) is 11.5 Å². The molecule has 0 spiro atoms. The van der Waals surface area contributed by atoms with Crippen LogP contribution in [0.25, 0.3) is 0 Å². The van der Waals surface area contributed by atoms with Crippen LogP contribution in [-0.4, -0.2) is 48.3 Å². The van der Waals surface area contributed by atoms with Crippen molar-refractivity contribution in [2.24, 2.45) is 0 Å². The molecule has 0 aliphatic carbocycles. The van der Waals surface area contributed by atoms with Crippen molar-refractivity contribution in [3.63, 3.8) is 0 Å². The van der Waals surface area contributed by atoms with Crippen LogP contribution in [-0.2, 0) is 22.7 Å². The molecule has 8 nitrogen and oxygen atoms in total. The lowest BCUT2D eigenvalue weighted by molar-refractivity contribution is -0.121. The molecule has 0 radical (unpaired) electrons. The Morgan fingerprint density at radius 1 is 1.25 bits per heavy atom. The third kappa shape index (κ3) is 5.54. The van der Waals surface area contributed by atoms with Crippen molar-refractivity contribution in [2.75, 3.05) is 27.4 Å². The van der Waals surface area contributed by atoms with Gasteiger partial charge < -0.3 is 19.5 Å². The zero-order valence-electron chi connectivity index (χ0n) is 13.9. The van der Waals surface area contributed by atoms with Crippen LogP contribution in [0.3, 0.4) is 0 Å². The Morgan fingerprint density at radius 2 is 2.04 bits per heavy atom. The Morgan fingerprint density at radius 3 is 2.79 bits per heavy atom. The van der Waals surface area contributed by atoms with Gasteiger partial charge in [0.1, 0.15) is 18.8 Å². The van der Waals surface area contributed by atoms with Gasteiger partial charge in [-0.05, 0) is 18.6 Å². The molecule has 2 rings (SSSR count). The molecule has 0 unspecified atom stereocenters.